The van der Waals surface area contributed by atoms with Crippen LogP contribution in [0.4, 0.5) is 0 Å². The Balaban J connectivity index is 2.17. The standard InChI is InChI=1S/C13H21NOS/c1-13(15,11-16-2)10-14-9-8-12-6-4-3-5-7-12/h3-7,14-15H,8-11H2,1-2H3. The molecular weight excluding hydrogens is 218 g/mol. The molecular formula is C13H21NOS. The van der Waals surface area contributed by atoms with Gasteiger partial charge in [0.2, 0.25) is 0 Å². The first-order valence-corrected chi connectivity index (χ1v) is 6.99. The van der Waals surface area contributed by atoms with Crippen molar-refractivity contribution in [1.29, 1.82) is 0 Å². The van der Waals surface area contributed by atoms with Crippen molar-refractivity contribution >= 4 is 11.8 Å². The molecule has 2 N–H and O–H groups in total. The SMILES string of the molecule is CSCC(C)(O)CNCCc1ccccc1. The van der Waals surface area contributed by atoms with E-state index >= 15 is 0 Å². The van der Waals surface area contributed by atoms with Crippen LogP contribution in [-0.2, 0) is 6.42 Å². The maximum absolute atomic E-state index is 9.93. The van der Waals surface area contributed by atoms with Crippen molar-refractivity contribution in [2.24, 2.45) is 0 Å². The van der Waals surface area contributed by atoms with Gasteiger partial charge in [0.25, 0.3) is 0 Å². The van der Waals surface area contributed by atoms with Crippen LogP contribution in [0.1, 0.15) is 12.5 Å². The summed E-state index contributed by atoms with van der Waals surface area (Å²) < 4.78 is 0. The molecule has 0 saturated heterocycles. The van der Waals surface area contributed by atoms with Crippen molar-refractivity contribution in [3.05, 3.63) is 35.9 Å². The second-order valence-corrected chi connectivity index (χ2v) is 5.21. The fourth-order valence-electron chi connectivity index (χ4n) is 1.60. The van der Waals surface area contributed by atoms with Crippen molar-refractivity contribution in [3.63, 3.8) is 0 Å². The summed E-state index contributed by atoms with van der Waals surface area (Å²) in [5.74, 6) is 0.769. The summed E-state index contributed by atoms with van der Waals surface area (Å²) in [6, 6.07) is 10.4. The third kappa shape index (κ3) is 5.54. The van der Waals surface area contributed by atoms with E-state index in [1.807, 2.05) is 19.2 Å². The lowest BCUT2D eigenvalue weighted by atomic mass is 10.1. The Bertz CT molecular complexity index is 287. The minimum atomic E-state index is -0.601. The van der Waals surface area contributed by atoms with E-state index in [9.17, 15) is 5.11 Å². The smallest absolute Gasteiger partial charge is 0.0833 e. The van der Waals surface area contributed by atoms with E-state index in [4.69, 9.17) is 0 Å². The summed E-state index contributed by atoms with van der Waals surface area (Å²) in [4.78, 5) is 0. The molecule has 0 saturated carbocycles. The van der Waals surface area contributed by atoms with Gasteiger partial charge < -0.3 is 10.4 Å². The fraction of sp³-hybridized carbons (Fsp3) is 0.538. The molecule has 0 aliphatic carbocycles. The van der Waals surface area contributed by atoms with E-state index in [0.29, 0.717) is 6.54 Å². The number of thioether (sulfide) groups is 1. The first-order valence-electron chi connectivity index (χ1n) is 5.60. The second-order valence-electron chi connectivity index (χ2n) is 4.34. The van der Waals surface area contributed by atoms with Crippen molar-refractivity contribution < 1.29 is 5.11 Å². The molecule has 90 valence electrons. The van der Waals surface area contributed by atoms with Crippen LogP contribution in [0.15, 0.2) is 30.3 Å². The lowest BCUT2D eigenvalue weighted by Crippen LogP contribution is -2.40. The average molecular weight is 239 g/mol. The molecule has 0 amide bonds. The molecule has 1 unspecified atom stereocenters. The van der Waals surface area contributed by atoms with Gasteiger partial charge in [-0.25, -0.2) is 0 Å². The third-order valence-corrected chi connectivity index (χ3v) is 3.30. The van der Waals surface area contributed by atoms with Gasteiger partial charge in [0.15, 0.2) is 0 Å². The zero-order valence-corrected chi connectivity index (χ0v) is 10.9. The molecule has 0 spiro atoms. The van der Waals surface area contributed by atoms with Crippen LogP contribution >= 0.6 is 11.8 Å². The molecule has 0 radical (unpaired) electrons. The molecule has 0 aromatic heterocycles. The summed E-state index contributed by atoms with van der Waals surface area (Å²) >= 11 is 1.67. The number of benzene rings is 1. The van der Waals surface area contributed by atoms with Gasteiger partial charge in [0, 0.05) is 12.3 Å². The van der Waals surface area contributed by atoms with E-state index in [1.54, 1.807) is 11.8 Å². The highest BCUT2D eigenvalue weighted by Crippen LogP contribution is 2.08. The van der Waals surface area contributed by atoms with Crippen molar-refractivity contribution in [1.82, 2.24) is 5.32 Å². The van der Waals surface area contributed by atoms with Gasteiger partial charge in [-0.3, -0.25) is 0 Å². The molecule has 1 aromatic carbocycles. The average Bonchev–Trinajstić information content (AvgIpc) is 2.26. The largest absolute Gasteiger partial charge is 0.388 e. The molecule has 0 aliphatic heterocycles. The van der Waals surface area contributed by atoms with Gasteiger partial charge in [0.1, 0.15) is 0 Å². The van der Waals surface area contributed by atoms with Gasteiger partial charge in [0.05, 0.1) is 5.60 Å². The first-order chi connectivity index (χ1) is 7.64. The third-order valence-electron chi connectivity index (χ3n) is 2.39. The molecule has 2 nitrogen and oxygen atoms in total. The number of aliphatic hydroxyl groups is 1. The monoisotopic (exact) mass is 239 g/mol. The van der Waals surface area contributed by atoms with E-state index in [1.165, 1.54) is 5.56 Å². The summed E-state index contributed by atoms with van der Waals surface area (Å²) in [5.41, 5.74) is 0.732. The number of hydrogen-bond donors (Lipinski definition) is 2. The summed E-state index contributed by atoms with van der Waals surface area (Å²) in [7, 11) is 0. The molecule has 3 heteroatoms. The lowest BCUT2D eigenvalue weighted by Gasteiger charge is -2.22. The lowest BCUT2D eigenvalue weighted by molar-refractivity contribution is 0.0852. The number of rotatable bonds is 7. The molecule has 1 aromatic rings. The molecule has 16 heavy (non-hydrogen) atoms. The molecule has 0 fully saturated rings. The number of nitrogens with one attached hydrogen (secondary N) is 1. The highest BCUT2D eigenvalue weighted by molar-refractivity contribution is 7.98. The highest BCUT2D eigenvalue weighted by atomic mass is 32.2. The van der Waals surface area contributed by atoms with Crippen LogP contribution in [0.2, 0.25) is 0 Å². The Labute approximate surface area is 102 Å². The Morgan fingerprint density at radius 2 is 2.00 bits per heavy atom. The maximum atomic E-state index is 9.93. The predicted molar refractivity (Wildman–Crippen MR) is 72.0 cm³/mol. The zero-order valence-electron chi connectivity index (χ0n) is 10.1. The topological polar surface area (TPSA) is 32.3 Å². The van der Waals surface area contributed by atoms with Gasteiger partial charge >= 0.3 is 0 Å². The fourth-order valence-corrected chi connectivity index (χ4v) is 2.32. The van der Waals surface area contributed by atoms with Crippen molar-refractivity contribution in [3.8, 4) is 0 Å². The van der Waals surface area contributed by atoms with Crippen LogP contribution < -0.4 is 5.32 Å². The summed E-state index contributed by atoms with van der Waals surface area (Å²) in [5, 5.41) is 13.2. The van der Waals surface area contributed by atoms with Gasteiger partial charge in [-0.1, -0.05) is 30.3 Å². The molecule has 0 aliphatic rings. The van der Waals surface area contributed by atoms with Crippen LogP contribution in [0, 0.1) is 0 Å². The van der Waals surface area contributed by atoms with Crippen LogP contribution in [0.5, 0.6) is 0 Å². The van der Waals surface area contributed by atoms with Gasteiger partial charge in [-0.05, 0) is 31.7 Å². The quantitative estimate of drug-likeness (QED) is 0.713. The minimum Gasteiger partial charge on any atom is -0.388 e. The van der Waals surface area contributed by atoms with E-state index < -0.39 is 5.60 Å². The molecule has 0 bridgehead atoms. The van der Waals surface area contributed by atoms with E-state index in [-0.39, 0.29) is 0 Å². The summed E-state index contributed by atoms with van der Waals surface area (Å²) in [6.45, 7) is 3.44. The first kappa shape index (κ1) is 13.6. The Kier molecular flexibility index (Phi) is 5.88. The van der Waals surface area contributed by atoms with Crippen LogP contribution in [0.25, 0.3) is 0 Å². The van der Waals surface area contributed by atoms with Crippen molar-refractivity contribution in [2.75, 3.05) is 25.1 Å². The number of hydrogen-bond acceptors (Lipinski definition) is 3. The zero-order chi connectivity index (χ0) is 11.9. The molecule has 1 atom stereocenters. The summed E-state index contributed by atoms with van der Waals surface area (Å²) in [6.07, 6.45) is 3.02. The van der Waals surface area contributed by atoms with Gasteiger partial charge in [-0.15, -0.1) is 0 Å². The van der Waals surface area contributed by atoms with Crippen LogP contribution in [-0.4, -0.2) is 35.8 Å². The Morgan fingerprint density at radius 3 is 2.62 bits per heavy atom. The Hall–Kier alpha value is -0.510. The van der Waals surface area contributed by atoms with Crippen molar-refractivity contribution in [2.45, 2.75) is 18.9 Å². The molecule has 0 heterocycles. The molecule has 1 rings (SSSR count). The van der Waals surface area contributed by atoms with E-state index in [0.717, 1.165) is 18.7 Å². The maximum Gasteiger partial charge on any atom is 0.0833 e. The minimum absolute atomic E-state index is 0.601. The predicted octanol–water partition coefficient (Wildman–Crippen LogP) is 1.93. The van der Waals surface area contributed by atoms with Crippen LogP contribution in [0.3, 0.4) is 0 Å². The highest BCUT2D eigenvalue weighted by Gasteiger charge is 2.18. The normalized spacial score (nSPS) is 14.7. The second kappa shape index (κ2) is 6.94. The van der Waals surface area contributed by atoms with Gasteiger partial charge in [-0.2, -0.15) is 11.8 Å². The Morgan fingerprint density at radius 1 is 1.31 bits per heavy atom. The van der Waals surface area contributed by atoms with E-state index in [2.05, 4.69) is 29.6 Å².